The largest absolute Gasteiger partial charge is 0.347 e. The van der Waals surface area contributed by atoms with Gasteiger partial charge in [-0.15, -0.1) is 0 Å². The second kappa shape index (κ2) is 7.69. The number of likely N-dealkylation sites (N-methyl/N-ethyl adjacent to an activating group) is 1. The van der Waals surface area contributed by atoms with Crippen LogP contribution < -0.4 is 4.90 Å². The minimum atomic E-state index is -0.419. The smallest absolute Gasteiger partial charge is 0.272 e. The number of carbonyl (C=O) groups is 1. The third-order valence-electron chi connectivity index (χ3n) is 5.79. The van der Waals surface area contributed by atoms with Gasteiger partial charge in [0.2, 0.25) is 5.95 Å². The maximum Gasteiger partial charge on any atom is 0.272 e. The molecule has 1 spiro atoms. The molecule has 0 saturated carbocycles. The van der Waals surface area contributed by atoms with E-state index in [0.29, 0.717) is 24.9 Å². The average Bonchev–Trinajstić information content (AvgIpc) is 3.15. The molecule has 4 heterocycles. The Kier molecular flexibility index (Phi) is 5.29. The third kappa shape index (κ3) is 3.93. The zero-order valence-corrected chi connectivity index (χ0v) is 16.3. The average molecular weight is 375 g/mol. The summed E-state index contributed by atoms with van der Waals surface area (Å²) in [4.78, 5) is 28.5. The number of aryl methyl sites for hydroxylation is 1. The summed E-state index contributed by atoms with van der Waals surface area (Å²) in [5.41, 5.74) is 1.32. The van der Waals surface area contributed by atoms with Gasteiger partial charge in [0, 0.05) is 57.8 Å². The highest BCUT2D eigenvalue weighted by Crippen LogP contribution is 2.32. The Morgan fingerprint density at radius 2 is 1.74 bits per heavy atom. The van der Waals surface area contributed by atoms with Crippen molar-refractivity contribution in [1.29, 1.82) is 0 Å². The van der Waals surface area contributed by atoms with Gasteiger partial charge in [0.05, 0.1) is 13.2 Å². The molecular formula is C19H29N5O3. The van der Waals surface area contributed by atoms with Crippen LogP contribution in [-0.2, 0) is 9.47 Å². The number of ether oxygens (including phenoxy) is 2. The molecule has 8 heteroatoms. The van der Waals surface area contributed by atoms with Crippen molar-refractivity contribution in [3.8, 4) is 0 Å². The van der Waals surface area contributed by atoms with Gasteiger partial charge in [-0.1, -0.05) is 6.92 Å². The van der Waals surface area contributed by atoms with Crippen molar-refractivity contribution in [3.05, 3.63) is 17.5 Å². The molecule has 0 unspecified atom stereocenters. The fraction of sp³-hybridized carbons (Fsp3) is 0.737. The number of rotatable bonds is 3. The van der Waals surface area contributed by atoms with Gasteiger partial charge in [-0.25, -0.2) is 9.97 Å². The van der Waals surface area contributed by atoms with Crippen LogP contribution in [0.15, 0.2) is 6.07 Å². The van der Waals surface area contributed by atoms with Crippen molar-refractivity contribution >= 4 is 11.9 Å². The number of piperazine rings is 1. The van der Waals surface area contributed by atoms with Crippen LogP contribution in [0.1, 0.15) is 35.9 Å². The van der Waals surface area contributed by atoms with E-state index in [1.165, 1.54) is 0 Å². The molecule has 0 aromatic carbocycles. The second-order valence-electron chi connectivity index (χ2n) is 7.52. The summed E-state index contributed by atoms with van der Waals surface area (Å²) in [5, 5.41) is 0. The van der Waals surface area contributed by atoms with Gasteiger partial charge in [-0.05, 0) is 19.5 Å². The van der Waals surface area contributed by atoms with Crippen LogP contribution in [0, 0.1) is 6.92 Å². The summed E-state index contributed by atoms with van der Waals surface area (Å²) >= 11 is 0. The van der Waals surface area contributed by atoms with Crippen LogP contribution in [0.3, 0.4) is 0 Å². The normalized spacial score (nSPS) is 23.2. The number of nitrogens with zero attached hydrogens (tertiary/aromatic N) is 5. The minimum absolute atomic E-state index is 0.00782. The highest BCUT2D eigenvalue weighted by molar-refractivity contribution is 5.92. The van der Waals surface area contributed by atoms with Crippen molar-refractivity contribution in [2.24, 2.45) is 0 Å². The zero-order valence-electron chi connectivity index (χ0n) is 16.3. The SMILES string of the molecule is CCN1CCN(C(=O)c2cc(C)nc(N3CCC4(CC3)OCCO4)n2)CC1. The van der Waals surface area contributed by atoms with Crippen LogP contribution in [0.25, 0.3) is 0 Å². The number of hydrogen-bond donors (Lipinski definition) is 0. The van der Waals surface area contributed by atoms with Gasteiger partial charge in [-0.2, -0.15) is 0 Å². The summed E-state index contributed by atoms with van der Waals surface area (Å²) < 4.78 is 11.6. The fourth-order valence-corrected chi connectivity index (χ4v) is 4.07. The topological polar surface area (TPSA) is 71.0 Å². The predicted octanol–water partition coefficient (Wildman–Crippen LogP) is 0.906. The zero-order chi connectivity index (χ0) is 18.9. The lowest BCUT2D eigenvalue weighted by Gasteiger charge is -2.37. The second-order valence-corrected chi connectivity index (χ2v) is 7.52. The van der Waals surface area contributed by atoms with Crippen LogP contribution in [0.4, 0.5) is 5.95 Å². The van der Waals surface area contributed by atoms with E-state index in [-0.39, 0.29) is 5.91 Å². The first-order valence-corrected chi connectivity index (χ1v) is 9.99. The van der Waals surface area contributed by atoms with Crippen molar-refractivity contribution in [2.45, 2.75) is 32.5 Å². The van der Waals surface area contributed by atoms with Crippen molar-refractivity contribution in [1.82, 2.24) is 19.8 Å². The van der Waals surface area contributed by atoms with E-state index < -0.39 is 5.79 Å². The molecule has 4 rings (SSSR count). The van der Waals surface area contributed by atoms with Gasteiger partial charge in [0.25, 0.3) is 5.91 Å². The first kappa shape index (κ1) is 18.6. The number of amides is 1. The Hall–Kier alpha value is -1.77. The van der Waals surface area contributed by atoms with Crippen molar-refractivity contribution < 1.29 is 14.3 Å². The van der Waals surface area contributed by atoms with E-state index in [9.17, 15) is 4.79 Å². The molecule has 3 aliphatic heterocycles. The molecule has 3 saturated heterocycles. The van der Waals surface area contributed by atoms with Gasteiger partial charge in [0.1, 0.15) is 5.69 Å². The molecule has 1 aromatic heterocycles. The summed E-state index contributed by atoms with van der Waals surface area (Å²) in [5.74, 6) is 0.226. The number of piperidine rings is 1. The first-order valence-electron chi connectivity index (χ1n) is 9.99. The molecule has 0 atom stereocenters. The molecule has 3 aliphatic rings. The Morgan fingerprint density at radius 1 is 1.07 bits per heavy atom. The molecule has 1 amide bonds. The van der Waals surface area contributed by atoms with Crippen LogP contribution >= 0.6 is 0 Å². The molecular weight excluding hydrogens is 346 g/mol. The lowest BCUT2D eigenvalue weighted by atomic mass is 10.0. The summed E-state index contributed by atoms with van der Waals surface area (Å²) in [6.45, 7) is 11.4. The van der Waals surface area contributed by atoms with Crippen molar-refractivity contribution in [2.75, 3.05) is 63.9 Å². The van der Waals surface area contributed by atoms with Crippen LogP contribution in [0.2, 0.25) is 0 Å². The Labute approximate surface area is 160 Å². The number of aromatic nitrogens is 2. The lowest BCUT2D eigenvalue weighted by molar-refractivity contribution is -0.169. The third-order valence-corrected chi connectivity index (χ3v) is 5.79. The van der Waals surface area contributed by atoms with E-state index in [1.807, 2.05) is 11.8 Å². The molecule has 3 fully saturated rings. The van der Waals surface area contributed by atoms with Crippen LogP contribution in [0.5, 0.6) is 0 Å². The summed E-state index contributed by atoms with van der Waals surface area (Å²) in [6.07, 6.45) is 1.60. The fourth-order valence-electron chi connectivity index (χ4n) is 4.07. The highest BCUT2D eigenvalue weighted by atomic mass is 16.7. The molecule has 0 bridgehead atoms. The van der Waals surface area contributed by atoms with Gasteiger partial charge >= 0.3 is 0 Å². The number of carbonyl (C=O) groups excluding carboxylic acids is 1. The van der Waals surface area contributed by atoms with E-state index >= 15 is 0 Å². The molecule has 0 aliphatic carbocycles. The standard InChI is InChI=1S/C19H29N5O3/c1-3-22-8-10-23(11-9-22)17(25)16-14-15(2)20-18(21-16)24-6-4-19(5-7-24)26-12-13-27-19/h14H,3-13H2,1-2H3. The highest BCUT2D eigenvalue weighted by Gasteiger charge is 2.40. The van der Waals surface area contributed by atoms with Gasteiger partial charge < -0.3 is 24.2 Å². The van der Waals surface area contributed by atoms with Crippen LogP contribution in [-0.4, -0.2) is 90.5 Å². The molecule has 0 radical (unpaired) electrons. The van der Waals surface area contributed by atoms with Gasteiger partial charge in [0.15, 0.2) is 5.79 Å². The monoisotopic (exact) mass is 375 g/mol. The Balaban J connectivity index is 1.45. The lowest BCUT2D eigenvalue weighted by Crippen LogP contribution is -2.49. The quantitative estimate of drug-likeness (QED) is 0.777. The number of anilines is 1. The minimum Gasteiger partial charge on any atom is -0.347 e. The summed E-state index contributed by atoms with van der Waals surface area (Å²) in [7, 11) is 0. The van der Waals surface area contributed by atoms with E-state index in [4.69, 9.17) is 9.47 Å². The molecule has 0 N–H and O–H groups in total. The maximum absolute atomic E-state index is 12.9. The number of hydrogen-bond acceptors (Lipinski definition) is 7. The Bertz CT molecular complexity index is 674. The summed E-state index contributed by atoms with van der Waals surface area (Å²) in [6, 6.07) is 1.80. The first-order chi connectivity index (χ1) is 13.1. The van der Waals surface area contributed by atoms with E-state index in [0.717, 1.165) is 64.3 Å². The molecule has 148 valence electrons. The van der Waals surface area contributed by atoms with E-state index in [1.54, 1.807) is 6.07 Å². The molecule has 27 heavy (non-hydrogen) atoms. The Morgan fingerprint density at radius 3 is 2.37 bits per heavy atom. The predicted molar refractivity (Wildman–Crippen MR) is 101 cm³/mol. The molecule has 8 nitrogen and oxygen atoms in total. The maximum atomic E-state index is 12.9. The van der Waals surface area contributed by atoms with Crippen molar-refractivity contribution in [3.63, 3.8) is 0 Å². The molecule has 1 aromatic rings. The van der Waals surface area contributed by atoms with Gasteiger partial charge in [-0.3, -0.25) is 4.79 Å². The van der Waals surface area contributed by atoms with E-state index in [2.05, 4.69) is 26.7 Å².